The molecular weight excluding hydrogens is 272 g/mol. The van der Waals surface area contributed by atoms with Crippen molar-refractivity contribution in [2.75, 3.05) is 26.4 Å². The lowest BCUT2D eigenvalue weighted by Crippen LogP contribution is -2.42. The Morgan fingerprint density at radius 1 is 0.842 bits per heavy atom. The number of rotatable bonds is 12. The van der Waals surface area contributed by atoms with Gasteiger partial charge in [0.25, 0.3) is 23.1 Å². The second kappa shape index (κ2) is 8.43. The molecule has 0 fully saturated rings. The van der Waals surface area contributed by atoms with Gasteiger partial charge < -0.3 is 19.1 Å². The smallest absolute Gasteiger partial charge is 0.294 e. The first-order valence-corrected chi connectivity index (χ1v) is 4.61. The van der Waals surface area contributed by atoms with Crippen molar-refractivity contribution in [1.29, 1.82) is 0 Å². The minimum atomic E-state index is -1.57. The van der Waals surface area contributed by atoms with Gasteiger partial charge in [0, 0.05) is 0 Å². The average molecular weight is 282 g/mol. The van der Waals surface area contributed by atoms with E-state index < -0.39 is 42.0 Å². The molecule has 0 aromatic rings. The van der Waals surface area contributed by atoms with Crippen LogP contribution in [0.3, 0.4) is 0 Å². The van der Waals surface area contributed by atoms with Gasteiger partial charge in [-0.05, 0) is 0 Å². The summed E-state index contributed by atoms with van der Waals surface area (Å²) >= 11 is 0. The van der Waals surface area contributed by atoms with Gasteiger partial charge in [-0.3, -0.25) is 9.59 Å². The minimum Gasteiger partial charge on any atom is -0.467 e. The van der Waals surface area contributed by atoms with Crippen LogP contribution in [-0.2, 0) is 28.7 Å². The lowest BCUT2D eigenvalue weighted by atomic mass is 9.92. The van der Waals surface area contributed by atoms with Crippen molar-refractivity contribution in [1.82, 2.24) is 0 Å². The largest absolute Gasteiger partial charge is 0.467 e. The van der Waals surface area contributed by atoms with E-state index in [1.807, 2.05) is 0 Å². The highest BCUT2D eigenvalue weighted by atomic mass is 17.0. The van der Waals surface area contributed by atoms with Crippen molar-refractivity contribution < 1.29 is 38.9 Å². The lowest BCUT2D eigenvalue weighted by Gasteiger charge is -2.28. The molecule has 0 spiro atoms. The van der Waals surface area contributed by atoms with Crippen LogP contribution >= 0.6 is 0 Å². The number of ether oxygens (including phenoxy) is 2. The highest BCUT2D eigenvalue weighted by Crippen LogP contribution is 2.20. The van der Waals surface area contributed by atoms with Crippen molar-refractivity contribution in [3.05, 3.63) is 20.2 Å². The zero-order chi connectivity index (χ0) is 14.7. The van der Waals surface area contributed by atoms with E-state index in [0.29, 0.717) is 0 Å². The van der Waals surface area contributed by atoms with E-state index in [9.17, 15) is 29.8 Å². The quantitative estimate of drug-likeness (QED) is 0.240. The molecule has 12 heteroatoms. The van der Waals surface area contributed by atoms with E-state index in [1.54, 1.807) is 0 Å². The third-order valence-corrected chi connectivity index (χ3v) is 1.87. The fraction of sp³-hybridized carbons (Fsp3) is 0.714. The predicted molar refractivity (Wildman–Crippen MR) is 52.4 cm³/mol. The number of hydrogen-bond donors (Lipinski definition) is 0. The van der Waals surface area contributed by atoms with Crippen LogP contribution in [0.4, 0.5) is 0 Å². The van der Waals surface area contributed by atoms with Crippen molar-refractivity contribution in [2.45, 2.75) is 0 Å². The van der Waals surface area contributed by atoms with Gasteiger partial charge in [-0.1, -0.05) is 0 Å². The van der Waals surface area contributed by atoms with Gasteiger partial charge in [-0.2, -0.15) is 0 Å². The summed E-state index contributed by atoms with van der Waals surface area (Å²) in [5.41, 5.74) is -1.57. The molecule has 19 heavy (non-hydrogen) atoms. The van der Waals surface area contributed by atoms with Gasteiger partial charge in [-0.15, -0.1) is 20.2 Å². The summed E-state index contributed by atoms with van der Waals surface area (Å²) in [6.45, 7) is -2.48. The molecule has 0 aromatic heterocycles. The van der Waals surface area contributed by atoms with E-state index in [1.165, 1.54) is 0 Å². The minimum absolute atomic E-state index is 0.0218. The molecule has 0 saturated heterocycles. The fourth-order valence-corrected chi connectivity index (χ4v) is 1.05. The van der Waals surface area contributed by atoms with Crippen LogP contribution in [0.1, 0.15) is 0 Å². The SMILES string of the molecule is O=COCC(COC=O)(CO[N+](=O)[O-])CO[N+](=O)[O-]. The van der Waals surface area contributed by atoms with Crippen LogP contribution in [-0.4, -0.2) is 49.5 Å². The molecule has 0 saturated carbocycles. The summed E-state index contributed by atoms with van der Waals surface area (Å²) in [6, 6.07) is 0. The van der Waals surface area contributed by atoms with Crippen LogP contribution in [0.5, 0.6) is 0 Å². The van der Waals surface area contributed by atoms with Gasteiger partial charge >= 0.3 is 0 Å². The Kier molecular flexibility index (Phi) is 7.25. The van der Waals surface area contributed by atoms with Gasteiger partial charge in [0.15, 0.2) is 0 Å². The standard InChI is InChI=1S/C7H10N2O10/c10-5-16-1-7(2-17-6-11,3-18-8(12)13)4-19-9(14)15/h5-6H,1-4H2. The highest BCUT2D eigenvalue weighted by Gasteiger charge is 2.36. The summed E-state index contributed by atoms with van der Waals surface area (Å²) in [5, 5.41) is 17.9. The molecule has 0 amide bonds. The Balaban J connectivity index is 4.80. The molecule has 108 valence electrons. The Bertz CT molecular complexity index is 300. The average Bonchev–Trinajstić information content (AvgIpc) is 2.37. The third-order valence-electron chi connectivity index (χ3n) is 1.87. The molecule has 0 aliphatic rings. The summed E-state index contributed by atoms with van der Waals surface area (Å²) in [5.74, 6) is 0. The monoisotopic (exact) mass is 282 g/mol. The van der Waals surface area contributed by atoms with E-state index in [4.69, 9.17) is 0 Å². The van der Waals surface area contributed by atoms with Gasteiger partial charge in [0.1, 0.15) is 26.4 Å². The van der Waals surface area contributed by atoms with Crippen LogP contribution in [0.2, 0.25) is 0 Å². The molecule has 0 aromatic carbocycles. The van der Waals surface area contributed by atoms with E-state index >= 15 is 0 Å². The molecule has 0 aliphatic carbocycles. The molecule has 0 atom stereocenters. The van der Waals surface area contributed by atoms with Gasteiger partial charge in [0.05, 0.1) is 5.41 Å². The Morgan fingerprint density at radius 2 is 1.21 bits per heavy atom. The number of nitrogens with zero attached hydrogens (tertiary/aromatic N) is 2. The number of hydrogen-bond acceptors (Lipinski definition) is 10. The van der Waals surface area contributed by atoms with Crippen molar-refractivity contribution in [3.8, 4) is 0 Å². The van der Waals surface area contributed by atoms with Crippen LogP contribution in [0.25, 0.3) is 0 Å². The maximum absolute atomic E-state index is 10.1. The first kappa shape index (κ1) is 16.3. The lowest BCUT2D eigenvalue weighted by molar-refractivity contribution is -0.772. The maximum atomic E-state index is 10.1. The van der Waals surface area contributed by atoms with Gasteiger partial charge in [0.2, 0.25) is 0 Å². The maximum Gasteiger partial charge on any atom is 0.294 e. The van der Waals surface area contributed by atoms with Crippen LogP contribution in [0.15, 0.2) is 0 Å². The zero-order valence-electron chi connectivity index (χ0n) is 9.46. The van der Waals surface area contributed by atoms with E-state index in [2.05, 4.69) is 19.1 Å². The van der Waals surface area contributed by atoms with E-state index in [0.717, 1.165) is 0 Å². The molecule has 0 radical (unpaired) electrons. The van der Waals surface area contributed by atoms with Crippen LogP contribution in [0, 0.1) is 25.6 Å². The molecule has 0 unspecified atom stereocenters. The second-order valence-corrected chi connectivity index (χ2v) is 3.31. The Hall–Kier alpha value is -2.66. The topological polar surface area (TPSA) is 157 Å². The van der Waals surface area contributed by atoms with Crippen molar-refractivity contribution in [2.24, 2.45) is 5.41 Å². The fourth-order valence-electron chi connectivity index (χ4n) is 1.05. The molecule has 0 bridgehead atoms. The first-order chi connectivity index (χ1) is 8.95. The summed E-state index contributed by atoms with van der Waals surface area (Å²) in [6.07, 6.45) is 0. The Morgan fingerprint density at radius 3 is 1.47 bits per heavy atom. The summed E-state index contributed by atoms with van der Waals surface area (Å²) < 4.78 is 8.76. The van der Waals surface area contributed by atoms with Crippen LogP contribution < -0.4 is 0 Å². The van der Waals surface area contributed by atoms with Crippen molar-refractivity contribution in [3.63, 3.8) is 0 Å². The zero-order valence-corrected chi connectivity index (χ0v) is 9.46. The molecule has 0 heterocycles. The predicted octanol–water partition coefficient (Wildman–Crippen LogP) is -1.26. The molecule has 12 nitrogen and oxygen atoms in total. The highest BCUT2D eigenvalue weighted by molar-refractivity contribution is 5.37. The number of carbonyl (C=O) groups is 2. The number of carbonyl (C=O) groups excluding carboxylic acids is 2. The molecular formula is C7H10N2O10. The summed E-state index contributed by atoms with van der Waals surface area (Å²) in [4.78, 5) is 48.6. The Labute approximate surface area is 105 Å². The normalized spacial score (nSPS) is 10.1. The first-order valence-electron chi connectivity index (χ1n) is 4.61. The summed E-state index contributed by atoms with van der Waals surface area (Å²) in [7, 11) is 0. The van der Waals surface area contributed by atoms with Gasteiger partial charge in [-0.25, -0.2) is 0 Å². The second-order valence-electron chi connectivity index (χ2n) is 3.31. The third kappa shape index (κ3) is 7.30. The van der Waals surface area contributed by atoms with Crippen molar-refractivity contribution >= 4 is 12.9 Å². The molecule has 0 aliphatic heterocycles. The molecule has 0 N–H and O–H groups in total. The molecule has 0 rings (SSSR count). The van der Waals surface area contributed by atoms with E-state index in [-0.39, 0.29) is 12.9 Å².